The molecule has 1 aromatic carbocycles. The number of ether oxygens (including phenoxy) is 1. The molecule has 2 aliphatic rings. The van der Waals surface area contributed by atoms with Gasteiger partial charge in [0, 0.05) is 44.3 Å². The van der Waals surface area contributed by atoms with Gasteiger partial charge in [-0.1, -0.05) is 18.2 Å². The highest BCUT2D eigenvalue weighted by molar-refractivity contribution is 5.74. The van der Waals surface area contributed by atoms with Crippen molar-refractivity contribution in [1.82, 2.24) is 15.1 Å². The van der Waals surface area contributed by atoms with Crippen molar-refractivity contribution in [3.8, 4) is 5.75 Å². The number of hydrogen-bond donors (Lipinski definition) is 2. The highest BCUT2D eigenvalue weighted by Gasteiger charge is 2.29. The first kappa shape index (κ1) is 20.0. The second-order valence-corrected chi connectivity index (χ2v) is 8.60. The van der Waals surface area contributed by atoms with E-state index in [9.17, 15) is 9.90 Å². The molecule has 0 aromatic heterocycles. The summed E-state index contributed by atoms with van der Waals surface area (Å²) in [5.74, 6) is 1.57. The zero-order valence-corrected chi connectivity index (χ0v) is 16.8. The maximum absolute atomic E-state index is 12.6. The van der Waals surface area contributed by atoms with Gasteiger partial charge in [0.05, 0.1) is 12.2 Å². The van der Waals surface area contributed by atoms with E-state index in [1.54, 1.807) is 0 Å². The first-order valence-corrected chi connectivity index (χ1v) is 10.0. The summed E-state index contributed by atoms with van der Waals surface area (Å²) in [6, 6.07) is 8.11. The zero-order chi connectivity index (χ0) is 19.4. The molecule has 1 aliphatic carbocycles. The average Bonchev–Trinajstić information content (AvgIpc) is 3.43. The Hall–Kier alpha value is -1.79. The molecule has 2 amide bonds. The van der Waals surface area contributed by atoms with E-state index in [-0.39, 0.29) is 12.1 Å². The van der Waals surface area contributed by atoms with Crippen LogP contribution in [0.2, 0.25) is 0 Å². The molecule has 1 unspecified atom stereocenters. The summed E-state index contributed by atoms with van der Waals surface area (Å²) in [6.07, 6.45) is 2.52. The summed E-state index contributed by atoms with van der Waals surface area (Å²) < 4.78 is 5.92. The molecule has 1 saturated carbocycles. The largest absolute Gasteiger partial charge is 0.493 e. The average molecular weight is 376 g/mol. The molecule has 150 valence electrons. The quantitative estimate of drug-likeness (QED) is 0.768. The summed E-state index contributed by atoms with van der Waals surface area (Å²) in [7, 11) is 0. The van der Waals surface area contributed by atoms with Crippen LogP contribution >= 0.6 is 0 Å². The third kappa shape index (κ3) is 6.11. The van der Waals surface area contributed by atoms with E-state index in [0.29, 0.717) is 32.1 Å². The zero-order valence-electron chi connectivity index (χ0n) is 16.8. The van der Waals surface area contributed by atoms with E-state index in [2.05, 4.69) is 17.1 Å². The molecular weight excluding hydrogens is 342 g/mol. The molecule has 0 bridgehead atoms. The van der Waals surface area contributed by atoms with Gasteiger partial charge in [-0.15, -0.1) is 0 Å². The maximum atomic E-state index is 12.6. The van der Waals surface area contributed by atoms with Crippen molar-refractivity contribution in [2.24, 2.45) is 5.92 Å². The lowest BCUT2D eigenvalue weighted by Gasteiger charge is -2.41. The number of β-amino-alcohol motifs (C(OH)–C–C–N with tert-alkyl or cyclic N) is 1. The van der Waals surface area contributed by atoms with Crippen molar-refractivity contribution in [1.29, 1.82) is 0 Å². The lowest BCUT2D eigenvalue weighted by molar-refractivity contribution is 0.00291. The number of rotatable bonds is 7. The molecule has 2 fully saturated rings. The van der Waals surface area contributed by atoms with Crippen LogP contribution < -0.4 is 10.1 Å². The number of urea groups is 1. The normalized spacial score (nSPS) is 21.2. The van der Waals surface area contributed by atoms with Gasteiger partial charge in [0.25, 0.3) is 0 Å². The fourth-order valence-corrected chi connectivity index (χ4v) is 3.48. The predicted molar refractivity (Wildman–Crippen MR) is 106 cm³/mol. The maximum Gasteiger partial charge on any atom is 0.317 e. The van der Waals surface area contributed by atoms with Crippen LogP contribution in [0.3, 0.4) is 0 Å². The second-order valence-electron chi connectivity index (χ2n) is 8.60. The Bertz CT molecular complexity index is 640. The van der Waals surface area contributed by atoms with Crippen molar-refractivity contribution < 1.29 is 14.6 Å². The minimum absolute atomic E-state index is 0.0400. The Morgan fingerprint density at radius 1 is 1.30 bits per heavy atom. The fraction of sp³-hybridized carbons (Fsp3) is 0.667. The van der Waals surface area contributed by atoms with Crippen LogP contribution in [0, 0.1) is 5.92 Å². The summed E-state index contributed by atoms with van der Waals surface area (Å²) in [5, 5.41) is 13.1. The number of nitrogens with zero attached hydrogens (tertiary/aromatic N) is 2. The Labute approximate surface area is 162 Å². The second kappa shape index (κ2) is 8.48. The summed E-state index contributed by atoms with van der Waals surface area (Å²) in [6.45, 7) is 9.72. The third-order valence-electron chi connectivity index (χ3n) is 5.22. The fourth-order valence-electron chi connectivity index (χ4n) is 3.48. The van der Waals surface area contributed by atoms with Gasteiger partial charge in [-0.3, -0.25) is 4.90 Å². The number of aliphatic hydroxyl groups is 1. The van der Waals surface area contributed by atoms with Gasteiger partial charge >= 0.3 is 6.03 Å². The number of hydrogen-bond acceptors (Lipinski definition) is 4. The van der Waals surface area contributed by atoms with Crippen LogP contribution in [0.4, 0.5) is 4.79 Å². The smallest absolute Gasteiger partial charge is 0.317 e. The van der Waals surface area contributed by atoms with Crippen molar-refractivity contribution >= 4 is 6.03 Å². The van der Waals surface area contributed by atoms with E-state index in [1.165, 1.54) is 12.8 Å². The van der Waals surface area contributed by atoms with Gasteiger partial charge < -0.3 is 20.1 Å². The number of carbonyl (C=O) groups excluding carboxylic acids is 1. The van der Waals surface area contributed by atoms with E-state index in [0.717, 1.165) is 24.5 Å². The van der Waals surface area contributed by atoms with Crippen LogP contribution in [-0.2, 0) is 6.54 Å². The summed E-state index contributed by atoms with van der Waals surface area (Å²) >= 11 is 0. The minimum Gasteiger partial charge on any atom is -0.493 e. The first-order chi connectivity index (χ1) is 12.8. The molecule has 1 aromatic rings. The van der Waals surface area contributed by atoms with Crippen LogP contribution in [0.1, 0.15) is 39.2 Å². The van der Waals surface area contributed by atoms with Crippen molar-refractivity contribution in [2.75, 3.05) is 32.8 Å². The molecule has 3 rings (SSSR count). The van der Waals surface area contributed by atoms with Crippen LogP contribution in [0.5, 0.6) is 5.75 Å². The van der Waals surface area contributed by atoms with Crippen LogP contribution in [0.15, 0.2) is 24.3 Å². The molecule has 6 nitrogen and oxygen atoms in total. The molecule has 0 spiro atoms. The topological polar surface area (TPSA) is 65.0 Å². The molecule has 0 radical (unpaired) electrons. The van der Waals surface area contributed by atoms with Crippen LogP contribution in [-0.4, -0.2) is 65.4 Å². The molecule has 2 N–H and O–H groups in total. The number of amides is 2. The Morgan fingerprint density at radius 3 is 2.70 bits per heavy atom. The molecule has 1 saturated heterocycles. The predicted octanol–water partition coefficient (Wildman–Crippen LogP) is 2.46. The molecule has 1 aliphatic heterocycles. The Kier molecular flexibility index (Phi) is 6.27. The van der Waals surface area contributed by atoms with Gasteiger partial charge in [-0.2, -0.15) is 0 Å². The van der Waals surface area contributed by atoms with E-state index in [4.69, 9.17) is 4.74 Å². The van der Waals surface area contributed by atoms with Crippen LogP contribution in [0.25, 0.3) is 0 Å². The van der Waals surface area contributed by atoms with Gasteiger partial charge in [-0.25, -0.2) is 4.79 Å². The van der Waals surface area contributed by atoms with Gasteiger partial charge in [0.15, 0.2) is 0 Å². The lowest BCUT2D eigenvalue weighted by Crippen LogP contribution is -2.57. The SMILES string of the molecule is CC1CN(C(=O)NCc2ccccc2OCC2CC2)CCN1CC(C)(C)O. The third-order valence-corrected chi connectivity index (χ3v) is 5.22. The van der Waals surface area contributed by atoms with Crippen molar-refractivity contribution in [3.05, 3.63) is 29.8 Å². The number of benzene rings is 1. The number of para-hydroxylation sites is 1. The van der Waals surface area contributed by atoms with Gasteiger partial charge in [-0.05, 0) is 45.6 Å². The van der Waals surface area contributed by atoms with Crippen molar-refractivity contribution in [3.63, 3.8) is 0 Å². The molecular formula is C21H33N3O3. The minimum atomic E-state index is -0.719. The molecule has 1 heterocycles. The number of carbonyl (C=O) groups is 1. The highest BCUT2D eigenvalue weighted by Crippen LogP contribution is 2.30. The Balaban J connectivity index is 1.48. The van der Waals surface area contributed by atoms with Crippen molar-refractivity contribution in [2.45, 2.75) is 51.8 Å². The molecule has 1 atom stereocenters. The summed E-state index contributed by atoms with van der Waals surface area (Å²) in [4.78, 5) is 16.7. The standard InChI is InChI=1S/C21H33N3O3/c1-16-13-23(10-11-24(16)15-21(2,3)26)20(25)22-12-18-6-4-5-7-19(18)27-14-17-8-9-17/h4-7,16-17,26H,8-15H2,1-3H3,(H,22,25). The molecule has 27 heavy (non-hydrogen) atoms. The van der Waals surface area contributed by atoms with E-state index < -0.39 is 5.60 Å². The summed E-state index contributed by atoms with van der Waals surface area (Å²) in [5.41, 5.74) is 0.295. The van der Waals surface area contributed by atoms with Gasteiger partial charge in [0.2, 0.25) is 0 Å². The monoisotopic (exact) mass is 375 g/mol. The van der Waals surface area contributed by atoms with E-state index >= 15 is 0 Å². The number of nitrogens with one attached hydrogen (secondary N) is 1. The van der Waals surface area contributed by atoms with Gasteiger partial charge in [0.1, 0.15) is 5.75 Å². The molecule has 6 heteroatoms. The lowest BCUT2D eigenvalue weighted by atomic mass is 10.1. The Morgan fingerprint density at radius 2 is 2.04 bits per heavy atom. The first-order valence-electron chi connectivity index (χ1n) is 10.0. The highest BCUT2D eigenvalue weighted by atomic mass is 16.5. The van der Waals surface area contributed by atoms with E-state index in [1.807, 2.05) is 43.0 Å². The number of piperazine rings is 1.